The van der Waals surface area contributed by atoms with Crippen LogP contribution in [-0.4, -0.2) is 18.3 Å². The van der Waals surface area contributed by atoms with Crippen molar-refractivity contribution in [1.29, 1.82) is 0 Å². The quantitative estimate of drug-likeness (QED) is 0.475. The molecule has 0 fully saturated rings. The molecular formula is C23H21NO2. The molecule has 0 radical (unpaired) electrons. The van der Waals surface area contributed by atoms with Gasteiger partial charge in [0.05, 0.1) is 12.3 Å². The Hall–Kier alpha value is -3.20. The second-order valence-corrected chi connectivity index (χ2v) is 5.78. The molecule has 3 rings (SSSR count). The summed E-state index contributed by atoms with van der Waals surface area (Å²) < 4.78 is 5.29. The first-order chi connectivity index (χ1) is 12.8. The fraction of sp³-hybridized carbons (Fsp3) is 0.130. The minimum absolute atomic E-state index is 0.323. The summed E-state index contributed by atoms with van der Waals surface area (Å²) in [6.45, 7) is 2.13. The van der Waals surface area contributed by atoms with Crippen LogP contribution in [0.2, 0.25) is 0 Å². The fourth-order valence-electron chi connectivity index (χ4n) is 2.76. The van der Waals surface area contributed by atoms with Crippen LogP contribution in [0.5, 0.6) is 0 Å². The van der Waals surface area contributed by atoms with E-state index in [4.69, 9.17) is 9.73 Å². The van der Waals surface area contributed by atoms with Crippen molar-refractivity contribution >= 4 is 11.7 Å². The van der Waals surface area contributed by atoms with Crippen molar-refractivity contribution in [3.63, 3.8) is 0 Å². The molecule has 3 nitrogen and oxygen atoms in total. The van der Waals surface area contributed by atoms with Crippen molar-refractivity contribution in [1.82, 2.24) is 0 Å². The van der Waals surface area contributed by atoms with Crippen LogP contribution >= 0.6 is 0 Å². The Kier molecular flexibility index (Phi) is 5.94. The maximum Gasteiger partial charge on any atom is 0.335 e. The standard InChI is InChI=1S/C23H21NO2/c1-2-26-23(25)22(20-16-10-5-11-17-20)24-21(18-12-6-3-7-13-18)19-14-8-4-9-15-19/h3-17,22H,2H2,1H3. The van der Waals surface area contributed by atoms with Crippen LogP contribution in [0.15, 0.2) is 96.0 Å². The Morgan fingerprint density at radius 3 is 1.73 bits per heavy atom. The molecule has 0 aromatic heterocycles. The van der Waals surface area contributed by atoms with Gasteiger partial charge in [-0.15, -0.1) is 0 Å². The van der Waals surface area contributed by atoms with Crippen molar-refractivity contribution in [2.75, 3.05) is 6.61 Å². The summed E-state index contributed by atoms with van der Waals surface area (Å²) in [7, 11) is 0. The third kappa shape index (κ3) is 4.25. The lowest BCUT2D eigenvalue weighted by atomic mass is 10.0. The van der Waals surface area contributed by atoms with Crippen molar-refractivity contribution < 1.29 is 9.53 Å². The average molecular weight is 343 g/mol. The molecule has 3 aromatic carbocycles. The molecule has 0 amide bonds. The van der Waals surface area contributed by atoms with Crippen LogP contribution in [0.1, 0.15) is 29.7 Å². The van der Waals surface area contributed by atoms with Crippen LogP contribution in [0, 0.1) is 0 Å². The number of hydrogen-bond acceptors (Lipinski definition) is 3. The molecule has 3 aromatic rings. The van der Waals surface area contributed by atoms with Crippen molar-refractivity contribution in [2.24, 2.45) is 4.99 Å². The second-order valence-electron chi connectivity index (χ2n) is 5.78. The minimum atomic E-state index is -0.702. The molecule has 0 bridgehead atoms. The van der Waals surface area contributed by atoms with E-state index < -0.39 is 6.04 Å². The molecule has 130 valence electrons. The van der Waals surface area contributed by atoms with E-state index >= 15 is 0 Å². The molecule has 0 N–H and O–H groups in total. The first-order valence-electron chi connectivity index (χ1n) is 8.70. The summed E-state index contributed by atoms with van der Waals surface area (Å²) >= 11 is 0. The topological polar surface area (TPSA) is 38.7 Å². The maximum absolute atomic E-state index is 12.6. The van der Waals surface area contributed by atoms with Crippen molar-refractivity contribution in [3.8, 4) is 0 Å². The summed E-state index contributed by atoms with van der Waals surface area (Å²) in [5.74, 6) is -0.344. The largest absolute Gasteiger partial charge is 0.464 e. The molecule has 0 aliphatic carbocycles. The van der Waals surface area contributed by atoms with Crippen molar-refractivity contribution in [3.05, 3.63) is 108 Å². The highest BCUT2D eigenvalue weighted by atomic mass is 16.5. The SMILES string of the molecule is CCOC(=O)C(N=C(c1ccccc1)c1ccccc1)c1ccccc1. The number of ether oxygens (including phenoxy) is 1. The fourth-order valence-corrected chi connectivity index (χ4v) is 2.76. The van der Waals surface area contributed by atoms with Gasteiger partial charge < -0.3 is 4.74 Å². The Balaban J connectivity index is 2.12. The van der Waals surface area contributed by atoms with Gasteiger partial charge in [-0.25, -0.2) is 4.79 Å². The second kappa shape index (κ2) is 8.77. The number of nitrogens with zero attached hydrogens (tertiary/aromatic N) is 1. The third-order valence-corrected chi connectivity index (χ3v) is 3.98. The Morgan fingerprint density at radius 1 is 0.808 bits per heavy atom. The number of aliphatic imine (C=N–C) groups is 1. The maximum atomic E-state index is 12.6. The molecule has 26 heavy (non-hydrogen) atoms. The lowest BCUT2D eigenvalue weighted by Crippen LogP contribution is -2.17. The number of hydrogen-bond donors (Lipinski definition) is 0. The monoisotopic (exact) mass is 343 g/mol. The van der Waals surface area contributed by atoms with E-state index in [9.17, 15) is 4.79 Å². The van der Waals surface area contributed by atoms with Gasteiger partial charge in [-0.3, -0.25) is 4.99 Å². The van der Waals surface area contributed by atoms with Gasteiger partial charge in [-0.1, -0.05) is 91.0 Å². The predicted octanol–water partition coefficient (Wildman–Crippen LogP) is 4.83. The van der Waals surface area contributed by atoms with Crippen LogP contribution in [-0.2, 0) is 9.53 Å². The van der Waals surface area contributed by atoms with Crippen LogP contribution in [0.25, 0.3) is 0 Å². The molecule has 1 atom stereocenters. The van der Waals surface area contributed by atoms with E-state index in [2.05, 4.69) is 0 Å². The molecule has 0 aliphatic rings. The third-order valence-electron chi connectivity index (χ3n) is 3.98. The first-order valence-corrected chi connectivity index (χ1v) is 8.70. The van der Waals surface area contributed by atoms with Gasteiger partial charge in [0.15, 0.2) is 6.04 Å². The summed E-state index contributed by atoms with van der Waals surface area (Å²) in [6, 6.07) is 28.6. The predicted molar refractivity (Wildman–Crippen MR) is 104 cm³/mol. The highest BCUT2D eigenvalue weighted by molar-refractivity contribution is 6.13. The molecule has 0 saturated heterocycles. The van der Waals surface area contributed by atoms with Gasteiger partial charge in [0, 0.05) is 11.1 Å². The Bertz CT molecular complexity index is 817. The van der Waals surface area contributed by atoms with Crippen LogP contribution in [0.4, 0.5) is 0 Å². The van der Waals surface area contributed by atoms with E-state index in [1.54, 1.807) is 6.92 Å². The summed E-state index contributed by atoms with van der Waals surface area (Å²) in [6.07, 6.45) is 0. The summed E-state index contributed by atoms with van der Waals surface area (Å²) in [4.78, 5) is 17.5. The highest BCUT2D eigenvalue weighted by Gasteiger charge is 2.22. The summed E-state index contributed by atoms with van der Waals surface area (Å²) in [5, 5.41) is 0. The normalized spacial score (nSPS) is 11.4. The van der Waals surface area contributed by atoms with Crippen LogP contribution < -0.4 is 0 Å². The molecule has 0 heterocycles. The molecule has 1 unspecified atom stereocenters. The Morgan fingerprint density at radius 2 is 1.27 bits per heavy atom. The van der Waals surface area contributed by atoms with Crippen molar-refractivity contribution in [2.45, 2.75) is 13.0 Å². The number of carbonyl (C=O) groups excluding carboxylic acids is 1. The molecule has 3 heteroatoms. The molecule has 0 saturated carbocycles. The number of carbonyl (C=O) groups is 1. The van der Waals surface area contributed by atoms with E-state index in [1.807, 2.05) is 91.0 Å². The minimum Gasteiger partial charge on any atom is -0.464 e. The van der Waals surface area contributed by atoms with Gasteiger partial charge >= 0.3 is 5.97 Å². The molecule has 0 spiro atoms. The van der Waals surface area contributed by atoms with Gasteiger partial charge in [0.1, 0.15) is 0 Å². The van der Waals surface area contributed by atoms with Gasteiger partial charge in [0.25, 0.3) is 0 Å². The smallest absolute Gasteiger partial charge is 0.335 e. The Labute approximate surface area is 154 Å². The van der Waals surface area contributed by atoms with E-state index in [-0.39, 0.29) is 5.97 Å². The molecular weight excluding hydrogens is 322 g/mol. The first kappa shape index (κ1) is 17.6. The average Bonchev–Trinajstić information content (AvgIpc) is 2.71. The van der Waals surface area contributed by atoms with E-state index in [0.29, 0.717) is 6.61 Å². The number of benzene rings is 3. The zero-order chi connectivity index (χ0) is 18.2. The van der Waals surface area contributed by atoms with Crippen LogP contribution in [0.3, 0.4) is 0 Å². The highest BCUT2D eigenvalue weighted by Crippen LogP contribution is 2.22. The van der Waals surface area contributed by atoms with Gasteiger partial charge in [-0.05, 0) is 12.5 Å². The number of esters is 1. The summed E-state index contributed by atoms with van der Waals surface area (Å²) in [5.41, 5.74) is 3.51. The van der Waals surface area contributed by atoms with Gasteiger partial charge in [0.2, 0.25) is 0 Å². The van der Waals surface area contributed by atoms with E-state index in [0.717, 1.165) is 22.4 Å². The zero-order valence-corrected chi connectivity index (χ0v) is 14.7. The number of rotatable bonds is 6. The van der Waals surface area contributed by atoms with E-state index in [1.165, 1.54) is 0 Å². The lowest BCUT2D eigenvalue weighted by Gasteiger charge is -2.15. The lowest BCUT2D eigenvalue weighted by molar-refractivity contribution is -0.144. The molecule has 0 aliphatic heterocycles. The zero-order valence-electron chi connectivity index (χ0n) is 14.7. The van der Waals surface area contributed by atoms with Gasteiger partial charge in [-0.2, -0.15) is 0 Å².